The monoisotopic (exact) mass is 265 g/mol. The van der Waals surface area contributed by atoms with Crippen molar-refractivity contribution >= 4 is 15.9 Å². The van der Waals surface area contributed by atoms with Crippen LogP contribution in [0.15, 0.2) is 45.9 Å². The maximum absolute atomic E-state index is 11.4. The molecule has 15 heavy (non-hydrogen) atoms. The molecule has 5 heteroatoms. The number of hydrogen-bond acceptors (Lipinski definition) is 3. The van der Waals surface area contributed by atoms with E-state index in [0.29, 0.717) is 11.1 Å². The number of aromatic nitrogens is 3. The van der Waals surface area contributed by atoms with Crippen molar-refractivity contribution in [1.82, 2.24) is 14.8 Å². The Morgan fingerprint density at radius 1 is 1.27 bits per heavy atom. The molecule has 0 aromatic carbocycles. The van der Waals surface area contributed by atoms with E-state index in [-0.39, 0.29) is 5.56 Å². The van der Waals surface area contributed by atoms with Gasteiger partial charge in [0.2, 0.25) is 0 Å². The molecule has 2 aromatic rings. The van der Waals surface area contributed by atoms with Crippen molar-refractivity contribution in [2.45, 2.75) is 6.54 Å². The molecule has 0 amide bonds. The highest BCUT2D eigenvalue weighted by Crippen LogP contribution is 2.01. The number of halogens is 1. The van der Waals surface area contributed by atoms with Gasteiger partial charge in [-0.25, -0.2) is 4.68 Å². The molecular weight excluding hydrogens is 258 g/mol. The van der Waals surface area contributed by atoms with Gasteiger partial charge in [0.25, 0.3) is 5.56 Å². The SMILES string of the molecule is O=c1ccc(Br)nn1Cc1ccccn1. The van der Waals surface area contributed by atoms with Gasteiger partial charge in [0.05, 0.1) is 12.2 Å². The van der Waals surface area contributed by atoms with E-state index in [4.69, 9.17) is 0 Å². The highest BCUT2D eigenvalue weighted by atomic mass is 79.9. The minimum Gasteiger partial charge on any atom is -0.268 e. The van der Waals surface area contributed by atoms with Gasteiger partial charge in [0.1, 0.15) is 4.60 Å². The highest BCUT2D eigenvalue weighted by Gasteiger charge is 2.00. The van der Waals surface area contributed by atoms with Crippen molar-refractivity contribution in [3.05, 3.63) is 57.2 Å². The molecule has 2 aromatic heterocycles. The second kappa shape index (κ2) is 4.35. The number of nitrogens with zero attached hydrogens (tertiary/aromatic N) is 3. The summed E-state index contributed by atoms with van der Waals surface area (Å²) in [7, 11) is 0. The van der Waals surface area contributed by atoms with E-state index in [0.717, 1.165) is 5.69 Å². The molecule has 0 saturated heterocycles. The second-order valence-corrected chi connectivity index (χ2v) is 3.79. The fourth-order valence-electron chi connectivity index (χ4n) is 1.18. The summed E-state index contributed by atoms with van der Waals surface area (Å²) < 4.78 is 2.00. The van der Waals surface area contributed by atoms with Crippen LogP contribution in [0.5, 0.6) is 0 Å². The van der Waals surface area contributed by atoms with Crippen LogP contribution in [0, 0.1) is 0 Å². The molecule has 0 N–H and O–H groups in total. The van der Waals surface area contributed by atoms with Crippen LogP contribution in [-0.2, 0) is 6.54 Å². The Kier molecular flexibility index (Phi) is 2.91. The number of hydrogen-bond donors (Lipinski definition) is 0. The summed E-state index contributed by atoms with van der Waals surface area (Å²) in [5, 5.41) is 4.05. The minimum atomic E-state index is -0.135. The summed E-state index contributed by atoms with van der Waals surface area (Å²) in [6.45, 7) is 0.388. The first kappa shape index (κ1) is 10.0. The number of rotatable bonds is 2. The quantitative estimate of drug-likeness (QED) is 0.826. The Hall–Kier alpha value is -1.49. The van der Waals surface area contributed by atoms with Crippen LogP contribution in [0.3, 0.4) is 0 Å². The molecule has 0 atom stereocenters. The lowest BCUT2D eigenvalue weighted by Crippen LogP contribution is -2.22. The Morgan fingerprint density at radius 3 is 2.87 bits per heavy atom. The maximum atomic E-state index is 11.4. The van der Waals surface area contributed by atoms with E-state index in [1.54, 1.807) is 12.3 Å². The van der Waals surface area contributed by atoms with Gasteiger partial charge in [-0.3, -0.25) is 9.78 Å². The van der Waals surface area contributed by atoms with Gasteiger partial charge in [-0.2, -0.15) is 5.10 Å². The molecule has 0 fully saturated rings. The van der Waals surface area contributed by atoms with Crippen LogP contribution in [0.2, 0.25) is 0 Å². The van der Waals surface area contributed by atoms with Gasteiger partial charge in [-0.1, -0.05) is 6.07 Å². The van der Waals surface area contributed by atoms with E-state index >= 15 is 0 Å². The van der Waals surface area contributed by atoms with Crippen LogP contribution in [-0.4, -0.2) is 14.8 Å². The Morgan fingerprint density at radius 2 is 2.13 bits per heavy atom. The molecule has 2 rings (SSSR count). The smallest absolute Gasteiger partial charge is 0.267 e. The van der Waals surface area contributed by atoms with Gasteiger partial charge < -0.3 is 0 Å². The Labute approximate surface area is 94.7 Å². The van der Waals surface area contributed by atoms with Gasteiger partial charge in [0.15, 0.2) is 0 Å². The third kappa shape index (κ3) is 2.50. The van der Waals surface area contributed by atoms with Gasteiger partial charge in [0, 0.05) is 12.3 Å². The molecule has 0 radical (unpaired) electrons. The predicted molar refractivity (Wildman–Crippen MR) is 59.5 cm³/mol. The molecule has 0 saturated carbocycles. The van der Waals surface area contributed by atoms with Crippen molar-refractivity contribution < 1.29 is 0 Å². The van der Waals surface area contributed by atoms with Crippen LogP contribution >= 0.6 is 15.9 Å². The fourth-order valence-corrected chi connectivity index (χ4v) is 1.51. The average molecular weight is 266 g/mol. The largest absolute Gasteiger partial charge is 0.268 e. The first-order chi connectivity index (χ1) is 7.25. The van der Waals surface area contributed by atoms with E-state index in [9.17, 15) is 4.79 Å². The van der Waals surface area contributed by atoms with Crippen molar-refractivity contribution in [1.29, 1.82) is 0 Å². The lowest BCUT2D eigenvalue weighted by Gasteiger charge is -2.03. The minimum absolute atomic E-state index is 0.135. The topological polar surface area (TPSA) is 47.8 Å². The van der Waals surface area contributed by atoms with Gasteiger partial charge >= 0.3 is 0 Å². The molecule has 0 spiro atoms. The summed E-state index contributed by atoms with van der Waals surface area (Å²) in [4.78, 5) is 15.6. The third-order valence-corrected chi connectivity index (χ3v) is 2.29. The lowest BCUT2D eigenvalue weighted by molar-refractivity contribution is 0.621. The van der Waals surface area contributed by atoms with E-state index in [1.807, 2.05) is 18.2 Å². The standard InChI is InChI=1S/C10H8BrN3O/c11-9-4-5-10(15)14(13-9)7-8-3-1-2-6-12-8/h1-6H,7H2. The zero-order chi connectivity index (χ0) is 10.7. The average Bonchev–Trinajstić information content (AvgIpc) is 2.25. The summed E-state index contributed by atoms with van der Waals surface area (Å²) >= 11 is 3.22. The first-order valence-corrected chi connectivity index (χ1v) is 5.18. The molecule has 76 valence electrons. The molecule has 0 bridgehead atoms. The highest BCUT2D eigenvalue weighted by molar-refractivity contribution is 9.10. The summed E-state index contributed by atoms with van der Waals surface area (Å²) in [6.07, 6.45) is 1.69. The zero-order valence-electron chi connectivity index (χ0n) is 7.80. The van der Waals surface area contributed by atoms with Gasteiger partial charge in [-0.05, 0) is 34.1 Å². The lowest BCUT2D eigenvalue weighted by atomic mass is 10.3. The second-order valence-electron chi connectivity index (χ2n) is 2.97. The molecule has 2 heterocycles. The molecule has 0 unspecified atom stereocenters. The summed E-state index contributed by atoms with van der Waals surface area (Å²) in [5.74, 6) is 0. The van der Waals surface area contributed by atoms with Gasteiger partial charge in [-0.15, -0.1) is 0 Å². The Balaban J connectivity index is 2.32. The maximum Gasteiger partial charge on any atom is 0.267 e. The fraction of sp³-hybridized carbons (Fsp3) is 0.100. The summed E-state index contributed by atoms with van der Waals surface area (Å²) in [5.41, 5.74) is 0.675. The van der Waals surface area contributed by atoms with E-state index in [2.05, 4.69) is 26.0 Å². The van der Waals surface area contributed by atoms with Crippen LogP contribution in [0.25, 0.3) is 0 Å². The predicted octanol–water partition coefficient (Wildman–Crippen LogP) is 1.45. The first-order valence-electron chi connectivity index (χ1n) is 4.39. The molecule has 0 aliphatic carbocycles. The molecule has 4 nitrogen and oxygen atoms in total. The van der Waals surface area contributed by atoms with Crippen molar-refractivity contribution in [3.8, 4) is 0 Å². The van der Waals surface area contributed by atoms with Crippen molar-refractivity contribution in [3.63, 3.8) is 0 Å². The van der Waals surface area contributed by atoms with Crippen LogP contribution in [0.4, 0.5) is 0 Å². The summed E-state index contributed by atoms with van der Waals surface area (Å²) in [6, 6.07) is 8.66. The normalized spacial score (nSPS) is 10.2. The molecule has 0 aliphatic heterocycles. The third-order valence-electron chi connectivity index (χ3n) is 1.87. The molecule has 0 aliphatic rings. The Bertz CT molecular complexity index is 510. The van der Waals surface area contributed by atoms with Crippen LogP contribution < -0.4 is 5.56 Å². The van der Waals surface area contributed by atoms with Crippen molar-refractivity contribution in [2.75, 3.05) is 0 Å². The van der Waals surface area contributed by atoms with Crippen LogP contribution in [0.1, 0.15) is 5.69 Å². The molecular formula is C10H8BrN3O. The van der Waals surface area contributed by atoms with Crippen molar-refractivity contribution in [2.24, 2.45) is 0 Å². The van der Waals surface area contributed by atoms with E-state index in [1.165, 1.54) is 10.7 Å². The number of pyridine rings is 1. The van der Waals surface area contributed by atoms with E-state index < -0.39 is 0 Å². The zero-order valence-corrected chi connectivity index (χ0v) is 9.39.